The molecule has 0 unspecified atom stereocenters. The van der Waals surface area contributed by atoms with Crippen molar-refractivity contribution >= 4 is 20.0 Å². The molecule has 0 fully saturated rings. The van der Waals surface area contributed by atoms with Crippen LogP contribution in [0.2, 0.25) is 0 Å². The molecule has 0 saturated carbocycles. The van der Waals surface area contributed by atoms with E-state index in [0.717, 1.165) is 0 Å². The predicted octanol–water partition coefficient (Wildman–Crippen LogP) is 1.96. The molecule has 8 nitrogen and oxygen atoms in total. The molecular weight excluding hydrogens is 391 g/mol. The Kier molecular flexibility index (Phi) is 14.0. The van der Waals surface area contributed by atoms with Gasteiger partial charge < -0.3 is 0 Å². The van der Waals surface area contributed by atoms with Crippen molar-refractivity contribution in [1.29, 1.82) is 0 Å². The van der Waals surface area contributed by atoms with Gasteiger partial charge in [0.15, 0.2) is 0 Å². The first-order valence-corrected chi connectivity index (χ1v) is 10.6. The van der Waals surface area contributed by atoms with Crippen molar-refractivity contribution in [3.05, 3.63) is 50.6 Å². The number of hydrogen-bond donors (Lipinski definition) is 0. The van der Waals surface area contributed by atoms with Crippen LogP contribution >= 0.6 is 0 Å². The van der Waals surface area contributed by atoms with Crippen molar-refractivity contribution in [1.82, 2.24) is 0 Å². The van der Waals surface area contributed by atoms with Crippen LogP contribution in [0.3, 0.4) is 0 Å². The van der Waals surface area contributed by atoms with Crippen LogP contribution in [0.1, 0.15) is 0 Å². The molecule has 0 aromatic heterocycles. The second kappa shape index (κ2) is 14.4. The molecule has 0 spiro atoms. The van der Waals surface area contributed by atoms with Crippen LogP contribution in [-0.2, 0) is 32.4 Å². The Labute approximate surface area is 129 Å². The van der Waals surface area contributed by atoms with Crippen molar-refractivity contribution < 1.29 is 32.4 Å². The zero-order chi connectivity index (χ0) is 15.8. The third kappa shape index (κ3) is 10.8. The van der Waals surface area contributed by atoms with Crippen LogP contribution in [0, 0.1) is 0 Å². The number of rotatable bonds is 16. The van der Waals surface area contributed by atoms with Gasteiger partial charge in [-0.05, 0) is 0 Å². The molecule has 0 amide bonds. The molecule has 0 rings (SSSR count). The first-order valence-electron chi connectivity index (χ1n) is 5.90. The minimum absolute atomic E-state index is 0.0686. The quantitative estimate of drug-likeness (QED) is 0.126. The van der Waals surface area contributed by atoms with Gasteiger partial charge in [0.2, 0.25) is 0 Å². The van der Waals surface area contributed by atoms with Gasteiger partial charge in [-0.15, -0.1) is 0 Å². The summed E-state index contributed by atoms with van der Waals surface area (Å²) in [6, 6.07) is 0. The van der Waals surface area contributed by atoms with Crippen LogP contribution in [0.15, 0.2) is 50.6 Å². The molecule has 120 valence electrons. The van der Waals surface area contributed by atoms with E-state index in [1.54, 1.807) is 0 Å². The van der Waals surface area contributed by atoms with Gasteiger partial charge in [-0.1, -0.05) is 0 Å². The average molecular weight is 411 g/mol. The fraction of sp³-hybridized carbons (Fsp3) is 0.333. The predicted molar refractivity (Wildman–Crippen MR) is 74.7 cm³/mol. The second-order valence-corrected chi connectivity index (χ2v) is 7.88. The molecule has 0 atom stereocenters. The summed E-state index contributed by atoms with van der Waals surface area (Å²) in [6.07, 6.45) is 5.82. The van der Waals surface area contributed by atoms with E-state index >= 15 is 0 Å². The Morgan fingerprint density at radius 3 is 0.952 bits per heavy atom. The Hall–Kier alpha value is -0.561. The molecule has 0 aliphatic carbocycles. The molecule has 9 heteroatoms. The van der Waals surface area contributed by atoms with Gasteiger partial charge >= 0.3 is 130 Å². The zero-order valence-electron chi connectivity index (χ0n) is 11.7. The summed E-state index contributed by atoms with van der Waals surface area (Å²) >= 11 is -4.87. The third-order valence-electron chi connectivity index (χ3n) is 1.39. The van der Waals surface area contributed by atoms with E-state index in [-0.39, 0.29) is 26.4 Å². The van der Waals surface area contributed by atoms with E-state index in [4.69, 9.17) is 32.4 Å². The summed E-state index contributed by atoms with van der Waals surface area (Å²) in [5.74, 6) is 0. The average Bonchev–Trinajstić information content (AvgIpc) is 2.48. The topological polar surface area (TPSA) is 73.8 Å². The molecular formula is C12H20O8Sn. The van der Waals surface area contributed by atoms with Crippen LogP contribution < -0.4 is 0 Å². The van der Waals surface area contributed by atoms with Crippen LogP contribution in [-0.4, -0.2) is 46.5 Å². The fourth-order valence-electron chi connectivity index (χ4n) is 0.701. The Balaban J connectivity index is 4.66. The maximum absolute atomic E-state index is 5.00. The molecule has 21 heavy (non-hydrogen) atoms. The van der Waals surface area contributed by atoms with Crippen molar-refractivity contribution in [2.75, 3.05) is 26.4 Å². The van der Waals surface area contributed by atoms with Gasteiger partial charge in [0.1, 0.15) is 0 Å². The summed E-state index contributed by atoms with van der Waals surface area (Å²) in [5, 5.41) is 0. The Bertz CT molecular complexity index is 248. The second-order valence-electron chi connectivity index (χ2n) is 3.13. The Morgan fingerprint density at radius 2 is 0.762 bits per heavy atom. The maximum atomic E-state index is 5.00. The first kappa shape index (κ1) is 20.4. The van der Waals surface area contributed by atoms with Gasteiger partial charge in [-0.2, -0.15) is 0 Å². The van der Waals surface area contributed by atoms with Crippen LogP contribution in [0.4, 0.5) is 0 Å². The van der Waals surface area contributed by atoms with E-state index in [2.05, 4.69) is 26.3 Å². The van der Waals surface area contributed by atoms with Gasteiger partial charge in [0, 0.05) is 0 Å². The normalized spacial score (nSPS) is 11.0. The van der Waals surface area contributed by atoms with E-state index in [1.807, 2.05) is 0 Å². The molecule has 0 aliphatic heterocycles. The fourth-order valence-corrected chi connectivity index (χ4v) is 3.60. The number of hydrogen-bond acceptors (Lipinski definition) is 8. The third-order valence-corrected chi connectivity index (χ3v) is 5.06. The van der Waals surface area contributed by atoms with Crippen LogP contribution in [0.25, 0.3) is 0 Å². The van der Waals surface area contributed by atoms with E-state index in [0.29, 0.717) is 0 Å². The van der Waals surface area contributed by atoms with Gasteiger partial charge in [0.25, 0.3) is 0 Å². The molecule has 0 aliphatic rings. The van der Waals surface area contributed by atoms with Crippen molar-refractivity contribution in [3.8, 4) is 0 Å². The van der Waals surface area contributed by atoms with Crippen molar-refractivity contribution in [2.24, 2.45) is 0 Å². The minimum atomic E-state index is -4.87. The summed E-state index contributed by atoms with van der Waals surface area (Å²) in [5.41, 5.74) is 0. The van der Waals surface area contributed by atoms with Crippen molar-refractivity contribution in [3.63, 3.8) is 0 Å². The van der Waals surface area contributed by atoms with Gasteiger partial charge in [0.05, 0.1) is 0 Å². The first-order chi connectivity index (χ1) is 10.2. The monoisotopic (exact) mass is 412 g/mol. The SMILES string of the molecule is C=CCO[O][Sn]([O]OCC=C)([O]OCC=C)[O]OCC=C. The summed E-state index contributed by atoms with van der Waals surface area (Å²) in [7, 11) is 0. The summed E-state index contributed by atoms with van der Waals surface area (Å²) in [6.45, 7) is 14.1. The molecule has 0 aromatic rings. The zero-order valence-corrected chi connectivity index (χ0v) is 14.6. The summed E-state index contributed by atoms with van der Waals surface area (Å²) in [4.78, 5) is 19.3. The van der Waals surface area contributed by atoms with Crippen molar-refractivity contribution in [2.45, 2.75) is 0 Å². The molecule has 0 N–H and O–H groups in total. The Morgan fingerprint density at radius 1 is 0.524 bits per heavy atom. The van der Waals surface area contributed by atoms with E-state index in [1.165, 1.54) is 24.3 Å². The van der Waals surface area contributed by atoms with E-state index < -0.39 is 20.0 Å². The molecule has 0 bridgehead atoms. The van der Waals surface area contributed by atoms with Gasteiger partial charge in [-0.3, -0.25) is 0 Å². The molecule has 0 heterocycles. The molecule has 0 aromatic carbocycles. The van der Waals surface area contributed by atoms with Gasteiger partial charge in [-0.25, -0.2) is 0 Å². The molecule has 0 saturated heterocycles. The standard InChI is InChI=1S/4C3H6O2.Sn/c4*1-2-3-5-4;/h4*2,4H,1,3H2;/q;;;;+4/p-4. The van der Waals surface area contributed by atoms with E-state index in [9.17, 15) is 0 Å². The van der Waals surface area contributed by atoms with Crippen LogP contribution in [0.5, 0.6) is 0 Å². The molecule has 0 radical (unpaired) electrons. The summed E-state index contributed by atoms with van der Waals surface area (Å²) < 4.78 is 20.0.